The van der Waals surface area contributed by atoms with Gasteiger partial charge in [-0.2, -0.15) is 0 Å². The van der Waals surface area contributed by atoms with Gasteiger partial charge in [0.15, 0.2) is 6.61 Å². The second kappa shape index (κ2) is 5.04. The first kappa shape index (κ1) is 11.9. The van der Waals surface area contributed by atoms with Crippen molar-refractivity contribution in [1.82, 2.24) is 4.98 Å². The van der Waals surface area contributed by atoms with Crippen LogP contribution >= 0.6 is 23.2 Å². The average molecular weight is 251 g/mol. The predicted octanol–water partition coefficient (Wildman–Crippen LogP) is 1.52. The number of nitrogen functional groups attached to an aromatic ring is 1. The van der Waals surface area contributed by atoms with Gasteiger partial charge in [0, 0.05) is 0 Å². The fourth-order valence-electron chi connectivity index (χ4n) is 0.748. The monoisotopic (exact) mass is 250 g/mol. The lowest BCUT2D eigenvalue weighted by Gasteiger charge is -2.07. The third kappa shape index (κ3) is 2.87. The van der Waals surface area contributed by atoms with Gasteiger partial charge in [0.1, 0.15) is 5.02 Å². The van der Waals surface area contributed by atoms with Gasteiger partial charge in [0.2, 0.25) is 5.88 Å². The predicted molar refractivity (Wildman–Crippen MR) is 56.2 cm³/mol. The number of carbonyl (C=O) groups excluding carboxylic acids is 1. The maximum absolute atomic E-state index is 10.8. The van der Waals surface area contributed by atoms with Gasteiger partial charge in [-0.3, -0.25) is 0 Å². The molecule has 15 heavy (non-hydrogen) atoms. The normalized spacial score (nSPS) is 9.80. The number of carbonyl (C=O) groups is 1. The minimum absolute atomic E-state index is 0.0453. The first-order valence-corrected chi connectivity index (χ1v) is 4.61. The van der Waals surface area contributed by atoms with Crippen molar-refractivity contribution in [2.75, 3.05) is 19.5 Å². The Morgan fingerprint density at radius 1 is 1.60 bits per heavy atom. The Bertz CT molecular complexity index is 384. The highest BCUT2D eigenvalue weighted by atomic mass is 35.5. The Morgan fingerprint density at radius 2 is 2.27 bits per heavy atom. The number of pyridine rings is 1. The lowest BCUT2D eigenvalue weighted by atomic mass is 10.4. The maximum Gasteiger partial charge on any atom is 0.343 e. The molecule has 0 aliphatic heterocycles. The summed E-state index contributed by atoms with van der Waals surface area (Å²) in [6, 6.07) is 0. The van der Waals surface area contributed by atoms with Gasteiger partial charge in [0.25, 0.3) is 0 Å². The van der Waals surface area contributed by atoms with E-state index in [2.05, 4.69) is 9.72 Å². The van der Waals surface area contributed by atoms with Crippen LogP contribution in [0, 0.1) is 0 Å². The van der Waals surface area contributed by atoms with Gasteiger partial charge >= 0.3 is 5.97 Å². The summed E-state index contributed by atoms with van der Waals surface area (Å²) in [6.45, 7) is -0.287. The van der Waals surface area contributed by atoms with E-state index >= 15 is 0 Å². The Hall–Kier alpha value is -1.20. The number of esters is 1. The number of aromatic nitrogens is 1. The number of anilines is 1. The van der Waals surface area contributed by atoms with E-state index in [1.165, 1.54) is 13.3 Å². The minimum Gasteiger partial charge on any atom is -0.466 e. The van der Waals surface area contributed by atoms with Crippen LogP contribution < -0.4 is 10.5 Å². The molecule has 0 bridgehead atoms. The topological polar surface area (TPSA) is 74.4 Å². The number of halogens is 2. The van der Waals surface area contributed by atoms with Crippen molar-refractivity contribution >= 4 is 34.9 Å². The minimum atomic E-state index is -0.540. The molecule has 0 saturated heterocycles. The van der Waals surface area contributed by atoms with E-state index in [9.17, 15) is 4.79 Å². The van der Waals surface area contributed by atoms with Crippen LogP contribution in [0.4, 0.5) is 5.69 Å². The number of hydrogen-bond acceptors (Lipinski definition) is 5. The maximum atomic E-state index is 10.8. The first-order valence-electron chi connectivity index (χ1n) is 3.85. The van der Waals surface area contributed by atoms with Crippen LogP contribution in [0.5, 0.6) is 5.88 Å². The van der Waals surface area contributed by atoms with Crippen LogP contribution in [0.15, 0.2) is 6.20 Å². The SMILES string of the molecule is COC(=O)COc1ncc(Cl)c(N)c1Cl. The molecule has 0 aliphatic rings. The number of nitrogens with zero attached hydrogens (tertiary/aromatic N) is 1. The molecule has 1 rings (SSSR count). The van der Waals surface area contributed by atoms with E-state index in [-0.39, 0.29) is 28.2 Å². The molecule has 0 fully saturated rings. The number of methoxy groups -OCH3 is 1. The molecule has 0 aliphatic carbocycles. The lowest BCUT2D eigenvalue weighted by Crippen LogP contribution is -2.13. The van der Waals surface area contributed by atoms with Gasteiger partial charge in [-0.1, -0.05) is 23.2 Å². The van der Waals surface area contributed by atoms with Crippen molar-refractivity contribution in [3.63, 3.8) is 0 Å². The molecule has 0 unspecified atom stereocenters. The molecular weight excluding hydrogens is 243 g/mol. The molecule has 0 radical (unpaired) electrons. The van der Waals surface area contributed by atoms with Crippen molar-refractivity contribution in [2.45, 2.75) is 0 Å². The molecule has 5 nitrogen and oxygen atoms in total. The molecule has 82 valence electrons. The fourth-order valence-corrected chi connectivity index (χ4v) is 1.15. The van der Waals surface area contributed by atoms with Crippen molar-refractivity contribution in [3.05, 3.63) is 16.2 Å². The van der Waals surface area contributed by atoms with E-state index in [1.54, 1.807) is 0 Å². The van der Waals surface area contributed by atoms with Gasteiger partial charge in [-0.05, 0) is 0 Å². The highest BCUT2D eigenvalue weighted by Gasteiger charge is 2.12. The third-order valence-electron chi connectivity index (χ3n) is 1.53. The number of hydrogen-bond donors (Lipinski definition) is 1. The molecule has 0 aromatic carbocycles. The summed E-state index contributed by atoms with van der Waals surface area (Å²) in [6.07, 6.45) is 1.29. The Balaban J connectivity index is 2.78. The van der Waals surface area contributed by atoms with Crippen molar-refractivity contribution < 1.29 is 14.3 Å². The summed E-state index contributed by atoms with van der Waals surface area (Å²) < 4.78 is 9.34. The Morgan fingerprint density at radius 3 is 2.87 bits per heavy atom. The second-order valence-corrected chi connectivity index (χ2v) is 3.29. The summed E-state index contributed by atoms with van der Waals surface area (Å²) in [5.41, 5.74) is 5.68. The number of nitrogens with two attached hydrogens (primary N) is 1. The quantitative estimate of drug-likeness (QED) is 0.824. The summed E-state index contributed by atoms with van der Waals surface area (Å²) in [7, 11) is 1.25. The number of rotatable bonds is 3. The van der Waals surface area contributed by atoms with Crippen LogP contribution in [0.3, 0.4) is 0 Å². The molecule has 0 spiro atoms. The summed E-state index contributed by atoms with van der Waals surface area (Å²) >= 11 is 11.4. The van der Waals surface area contributed by atoms with Crippen LogP contribution in [-0.4, -0.2) is 24.7 Å². The van der Waals surface area contributed by atoms with E-state index in [4.69, 9.17) is 33.7 Å². The molecular formula is C8H8Cl2N2O3. The molecule has 7 heteroatoms. The molecule has 1 aromatic heterocycles. The average Bonchev–Trinajstić information content (AvgIpc) is 2.24. The summed E-state index contributed by atoms with van der Waals surface area (Å²) in [4.78, 5) is 14.5. The molecule has 0 saturated carbocycles. The molecule has 1 heterocycles. The van der Waals surface area contributed by atoms with Gasteiger partial charge in [0.05, 0.1) is 24.0 Å². The summed E-state index contributed by atoms with van der Waals surface area (Å²) in [5, 5.41) is 0.303. The Kier molecular flexibility index (Phi) is 3.99. The highest BCUT2D eigenvalue weighted by molar-refractivity contribution is 6.39. The fraction of sp³-hybridized carbons (Fsp3) is 0.250. The molecule has 0 amide bonds. The van der Waals surface area contributed by atoms with E-state index in [1.807, 2.05) is 0 Å². The first-order chi connectivity index (χ1) is 7.06. The van der Waals surface area contributed by atoms with Crippen molar-refractivity contribution in [3.8, 4) is 5.88 Å². The third-order valence-corrected chi connectivity index (χ3v) is 2.20. The van der Waals surface area contributed by atoms with Gasteiger partial charge in [-0.15, -0.1) is 0 Å². The molecule has 0 atom stereocenters. The second-order valence-electron chi connectivity index (χ2n) is 2.50. The van der Waals surface area contributed by atoms with Crippen LogP contribution in [-0.2, 0) is 9.53 Å². The van der Waals surface area contributed by atoms with Crippen LogP contribution in [0.2, 0.25) is 10.0 Å². The van der Waals surface area contributed by atoms with E-state index in [0.29, 0.717) is 0 Å². The number of ether oxygens (including phenoxy) is 2. The van der Waals surface area contributed by atoms with Crippen molar-refractivity contribution in [1.29, 1.82) is 0 Å². The smallest absolute Gasteiger partial charge is 0.343 e. The molecule has 2 N–H and O–H groups in total. The lowest BCUT2D eigenvalue weighted by molar-refractivity contribution is -0.143. The molecule has 1 aromatic rings. The van der Waals surface area contributed by atoms with E-state index in [0.717, 1.165) is 0 Å². The largest absolute Gasteiger partial charge is 0.466 e. The Labute approximate surface area is 96.1 Å². The standard InChI is InChI=1S/C8H8Cl2N2O3/c1-14-5(13)3-15-8-6(10)7(11)4(9)2-12-8/h2H,3H2,1H3,(H2,11,12). The van der Waals surface area contributed by atoms with Crippen LogP contribution in [0.1, 0.15) is 0 Å². The zero-order chi connectivity index (χ0) is 11.4. The van der Waals surface area contributed by atoms with Gasteiger partial charge in [-0.25, -0.2) is 9.78 Å². The van der Waals surface area contributed by atoms with Crippen LogP contribution in [0.25, 0.3) is 0 Å². The highest BCUT2D eigenvalue weighted by Crippen LogP contribution is 2.32. The zero-order valence-corrected chi connectivity index (χ0v) is 9.30. The van der Waals surface area contributed by atoms with Crippen molar-refractivity contribution in [2.24, 2.45) is 0 Å². The zero-order valence-electron chi connectivity index (χ0n) is 7.79. The van der Waals surface area contributed by atoms with E-state index < -0.39 is 5.97 Å². The van der Waals surface area contributed by atoms with Gasteiger partial charge < -0.3 is 15.2 Å². The summed E-state index contributed by atoms with van der Waals surface area (Å²) in [5.74, 6) is -0.495.